The molecule has 1 aromatic carbocycles. The highest BCUT2D eigenvalue weighted by molar-refractivity contribution is 9.11. The highest BCUT2D eigenvalue weighted by Gasteiger charge is 2.13. The Morgan fingerprint density at radius 1 is 1.26 bits per heavy atom. The molecular weight excluding hydrogens is 374 g/mol. The van der Waals surface area contributed by atoms with E-state index in [2.05, 4.69) is 31.9 Å². The van der Waals surface area contributed by atoms with E-state index in [1.807, 2.05) is 31.2 Å². The van der Waals surface area contributed by atoms with Crippen LogP contribution in [0, 0.1) is 0 Å². The average Bonchev–Trinajstić information content (AvgIpc) is 2.76. The predicted octanol–water partition coefficient (Wildman–Crippen LogP) is 4.37. The number of nitrogens with two attached hydrogens (primary N) is 1. The van der Waals surface area contributed by atoms with Crippen molar-refractivity contribution in [3.63, 3.8) is 0 Å². The van der Waals surface area contributed by atoms with E-state index < -0.39 is 0 Å². The maximum atomic E-state index is 5.82. The molecule has 0 aliphatic carbocycles. The van der Waals surface area contributed by atoms with Gasteiger partial charge < -0.3 is 14.9 Å². The van der Waals surface area contributed by atoms with Crippen LogP contribution in [0.2, 0.25) is 0 Å². The van der Waals surface area contributed by atoms with Gasteiger partial charge in [-0.1, -0.05) is 0 Å². The summed E-state index contributed by atoms with van der Waals surface area (Å²) in [7, 11) is 1.64. The van der Waals surface area contributed by atoms with E-state index in [0.717, 1.165) is 38.2 Å². The SMILES string of the molecule is COc1cc(-c2ccc(CC(C)N)o2)c(Br)cc1Br. The lowest BCUT2D eigenvalue weighted by Crippen LogP contribution is -2.17. The first kappa shape index (κ1) is 14.6. The molecule has 0 saturated carbocycles. The van der Waals surface area contributed by atoms with Crippen molar-refractivity contribution in [2.45, 2.75) is 19.4 Å². The molecule has 1 unspecified atom stereocenters. The summed E-state index contributed by atoms with van der Waals surface area (Å²) in [6, 6.07) is 7.87. The first-order valence-corrected chi connectivity index (χ1v) is 7.47. The molecule has 0 aliphatic heterocycles. The summed E-state index contributed by atoms with van der Waals surface area (Å²) in [6.45, 7) is 1.96. The van der Waals surface area contributed by atoms with Gasteiger partial charge in [-0.15, -0.1) is 0 Å². The Morgan fingerprint density at radius 3 is 2.63 bits per heavy atom. The highest BCUT2D eigenvalue weighted by atomic mass is 79.9. The number of methoxy groups -OCH3 is 1. The smallest absolute Gasteiger partial charge is 0.135 e. The largest absolute Gasteiger partial charge is 0.496 e. The molecular formula is C14H15Br2NO2. The Morgan fingerprint density at radius 2 is 2.00 bits per heavy atom. The van der Waals surface area contributed by atoms with E-state index in [-0.39, 0.29) is 6.04 Å². The molecule has 19 heavy (non-hydrogen) atoms. The van der Waals surface area contributed by atoms with Crippen LogP contribution in [0.5, 0.6) is 5.75 Å². The summed E-state index contributed by atoms with van der Waals surface area (Å²) in [6.07, 6.45) is 0.727. The lowest BCUT2D eigenvalue weighted by Gasteiger charge is -2.08. The minimum atomic E-state index is 0.0851. The zero-order chi connectivity index (χ0) is 14.0. The van der Waals surface area contributed by atoms with Crippen LogP contribution in [-0.4, -0.2) is 13.2 Å². The monoisotopic (exact) mass is 387 g/mol. The van der Waals surface area contributed by atoms with Gasteiger partial charge in [-0.05, 0) is 63.0 Å². The Hall–Kier alpha value is -0.780. The summed E-state index contributed by atoms with van der Waals surface area (Å²) >= 11 is 6.99. The molecule has 3 nitrogen and oxygen atoms in total. The zero-order valence-corrected chi connectivity index (χ0v) is 13.9. The van der Waals surface area contributed by atoms with Crippen LogP contribution in [0.25, 0.3) is 11.3 Å². The van der Waals surface area contributed by atoms with Crippen LogP contribution in [0.4, 0.5) is 0 Å². The van der Waals surface area contributed by atoms with Crippen molar-refractivity contribution in [2.75, 3.05) is 7.11 Å². The predicted molar refractivity (Wildman–Crippen MR) is 83.4 cm³/mol. The van der Waals surface area contributed by atoms with Crippen LogP contribution >= 0.6 is 31.9 Å². The fourth-order valence-corrected chi connectivity index (χ4v) is 3.18. The molecule has 0 saturated heterocycles. The first-order valence-electron chi connectivity index (χ1n) is 5.89. The third kappa shape index (κ3) is 3.41. The lowest BCUT2D eigenvalue weighted by atomic mass is 10.1. The van der Waals surface area contributed by atoms with Crippen molar-refractivity contribution < 1.29 is 9.15 Å². The first-order chi connectivity index (χ1) is 9.01. The molecule has 102 valence electrons. The second-order valence-electron chi connectivity index (χ2n) is 4.41. The zero-order valence-electron chi connectivity index (χ0n) is 10.7. The molecule has 5 heteroatoms. The number of halogens is 2. The van der Waals surface area contributed by atoms with Gasteiger partial charge in [0.1, 0.15) is 17.3 Å². The quantitative estimate of drug-likeness (QED) is 0.845. The van der Waals surface area contributed by atoms with Crippen LogP contribution in [0.3, 0.4) is 0 Å². The maximum absolute atomic E-state index is 5.82. The molecule has 2 rings (SSSR count). The van der Waals surface area contributed by atoms with Crippen LogP contribution in [0.15, 0.2) is 37.6 Å². The third-order valence-electron chi connectivity index (χ3n) is 2.69. The summed E-state index contributed by atoms with van der Waals surface area (Å²) in [5, 5.41) is 0. The normalized spacial score (nSPS) is 12.5. The lowest BCUT2D eigenvalue weighted by molar-refractivity contribution is 0.412. The molecule has 2 aromatic rings. The van der Waals surface area contributed by atoms with Gasteiger partial charge in [-0.25, -0.2) is 0 Å². The summed E-state index contributed by atoms with van der Waals surface area (Å²) in [4.78, 5) is 0. The standard InChI is InChI=1S/C14H15Br2NO2/c1-8(17)5-9-3-4-13(19-9)10-6-14(18-2)12(16)7-11(10)15/h3-4,6-8H,5,17H2,1-2H3. The second-order valence-corrected chi connectivity index (χ2v) is 6.12. The molecule has 1 heterocycles. The van der Waals surface area contributed by atoms with Crippen molar-refractivity contribution in [3.05, 3.63) is 39.0 Å². The van der Waals surface area contributed by atoms with Crippen molar-refractivity contribution in [1.29, 1.82) is 0 Å². The summed E-state index contributed by atoms with van der Waals surface area (Å²) < 4.78 is 13.0. The van der Waals surface area contributed by atoms with Crippen LogP contribution < -0.4 is 10.5 Å². The van der Waals surface area contributed by atoms with E-state index >= 15 is 0 Å². The van der Waals surface area contributed by atoms with Gasteiger partial charge in [-0.3, -0.25) is 0 Å². The summed E-state index contributed by atoms with van der Waals surface area (Å²) in [5.41, 5.74) is 6.73. The van der Waals surface area contributed by atoms with E-state index in [9.17, 15) is 0 Å². The number of rotatable bonds is 4. The summed E-state index contributed by atoms with van der Waals surface area (Å²) in [5.74, 6) is 2.45. The molecule has 0 amide bonds. The number of benzene rings is 1. The Kier molecular flexibility index (Phi) is 4.71. The van der Waals surface area contributed by atoms with Crippen molar-refractivity contribution in [1.82, 2.24) is 0 Å². The minimum Gasteiger partial charge on any atom is -0.496 e. The van der Waals surface area contributed by atoms with Crippen molar-refractivity contribution in [2.24, 2.45) is 5.73 Å². The molecule has 0 bridgehead atoms. The Balaban J connectivity index is 2.38. The molecule has 0 fully saturated rings. The third-order valence-corrected chi connectivity index (χ3v) is 3.97. The van der Waals surface area contributed by atoms with Gasteiger partial charge in [0.25, 0.3) is 0 Å². The molecule has 0 radical (unpaired) electrons. The van der Waals surface area contributed by atoms with E-state index in [0.29, 0.717) is 0 Å². The molecule has 1 atom stereocenters. The van der Waals surface area contributed by atoms with Crippen molar-refractivity contribution in [3.8, 4) is 17.1 Å². The van der Waals surface area contributed by atoms with Gasteiger partial charge >= 0.3 is 0 Å². The maximum Gasteiger partial charge on any atom is 0.135 e. The second kappa shape index (κ2) is 6.11. The average molecular weight is 389 g/mol. The van der Waals surface area contributed by atoms with Crippen LogP contribution in [-0.2, 0) is 6.42 Å². The van der Waals surface area contributed by atoms with Gasteiger partial charge in [0.05, 0.1) is 11.6 Å². The number of furan rings is 1. The fourth-order valence-electron chi connectivity index (χ4n) is 1.82. The molecule has 0 aliphatic rings. The topological polar surface area (TPSA) is 48.4 Å². The van der Waals surface area contributed by atoms with Gasteiger partial charge in [-0.2, -0.15) is 0 Å². The number of hydrogen-bond donors (Lipinski definition) is 1. The minimum absolute atomic E-state index is 0.0851. The van der Waals surface area contributed by atoms with Gasteiger partial charge in [0, 0.05) is 22.5 Å². The Bertz CT molecular complexity index is 579. The van der Waals surface area contributed by atoms with E-state index in [1.165, 1.54) is 0 Å². The van der Waals surface area contributed by atoms with Crippen molar-refractivity contribution >= 4 is 31.9 Å². The van der Waals surface area contributed by atoms with E-state index in [1.54, 1.807) is 7.11 Å². The fraction of sp³-hybridized carbons (Fsp3) is 0.286. The van der Waals surface area contributed by atoms with Crippen LogP contribution in [0.1, 0.15) is 12.7 Å². The van der Waals surface area contributed by atoms with Gasteiger partial charge in [0.15, 0.2) is 0 Å². The molecule has 1 aromatic heterocycles. The van der Waals surface area contributed by atoms with Gasteiger partial charge in [0.2, 0.25) is 0 Å². The van der Waals surface area contributed by atoms with E-state index in [4.69, 9.17) is 14.9 Å². The number of ether oxygens (including phenoxy) is 1. The number of hydrogen-bond acceptors (Lipinski definition) is 3. The molecule has 2 N–H and O–H groups in total. The Labute approximate surface area is 129 Å². The highest BCUT2D eigenvalue weighted by Crippen LogP contribution is 2.37. The molecule has 0 spiro atoms.